The van der Waals surface area contributed by atoms with Crippen LogP contribution in [0.25, 0.3) is 0 Å². The largest absolute Gasteiger partial charge is 0.497 e. The van der Waals surface area contributed by atoms with Gasteiger partial charge in [-0.3, -0.25) is 4.79 Å². The zero-order chi connectivity index (χ0) is 15.0. The minimum absolute atomic E-state index is 0.115. The normalized spacial score (nSPS) is 17.0. The number of nitrogens with zero attached hydrogens (tertiary/aromatic N) is 1. The standard InChI is InChI=1S/C17H16BrNO2/c1-19-16-8-5-12(18)10-14(16)15(17(19)20)9-11-3-6-13(21-2)7-4-11/h3-8,10,15H,9H2,1-2H3/t15-/m1/s1. The quantitative estimate of drug-likeness (QED) is 0.847. The summed E-state index contributed by atoms with van der Waals surface area (Å²) < 4.78 is 6.17. The Labute approximate surface area is 132 Å². The van der Waals surface area contributed by atoms with E-state index in [4.69, 9.17) is 4.74 Å². The van der Waals surface area contributed by atoms with E-state index < -0.39 is 0 Å². The molecule has 1 amide bonds. The molecule has 108 valence electrons. The van der Waals surface area contributed by atoms with E-state index in [9.17, 15) is 4.79 Å². The van der Waals surface area contributed by atoms with Crippen molar-refractivity contribution in [3.05, 3.63) is 58.1 Å². The van der Waals surface area contributed by atoms with Crippen LogP contribution in [0.15, 0.2) is 46.9 Å². The maximum atomic E-state index is 12.5. The predicted molar refractivity (Wildman–Crippen MR) is 87.0 cm³/mol. The maximum absolute atomic E-state index is 12.5. The zero-order valence-electron chi connectivity index (χ0n) is 12.0. The van der Waals surface area contributed by atoms with E-state index in [1.807, 2.05) is 49.5 Å². The third-order valence-electron chi connectivity index (χ3n) is 3.95. The molecule has 21 heavy (non-hydrogen) atoms. The van der Waals surface area contributed by atoms with Gasteiger partial charge in [-0.25, -0.2) is 0 Å². The van der Waals surface area contributed by atoms with Gasteiger partial charge in [0.05, 0.1) is 13.0 Å². The Hall–Kier alpha value is -1.81. The first-order valence-corrected chi connectivity index (χ1v) is 7.59. The molecule has 0 saturated carbocycles. The molecule has 1 aliphatic rings. The second kappa shape index (κ2) is 5.53. The van der Waals surface area contributed by atoms with Crippen LogP contribution in [0.3, 0.4) is 0 Å². The fourth-order valence-electron chi connectivity index (χ4n) is 2.79. The van der Waals surface area contributed by atoms with Gasteiger partial charge in [0.1, 0.15) is 5.75 Å². The minimum Gasteiger partial charge on any atom is -0.497 e. The van der Waals surface area contributed by atoms with Crippen LogP contribution < -0.4 is 9.64 Å². The van der Waals surface area contributed by atoms with Crippen molar-refractivity contribution in [1.82, 2.24) is 0 Å². The van der Waals surface area contributed by atoms with E-state index in [-0.39, 0.29) is 11.8 Å². The summed E-state index contributed by atoms with van der Waals surface area (Å²) in [5, 5.41) is 0. The highest BCUT2D eigenvalue weighted by Gasteiger charge is 2.35. The fraction of sp³-hybridized carbons (Fsp3) is 0.235. The van der Waals surface area contributed by atoms with Gasteiger partial charge in [-0.05, 0) is 47.9 Å². The molecule has 0 unspecified atom stereocenters. The van der Waals surface area contributed by atoms with Gasteiger partial charge in [0, 0.05) is 17.2 Å². The summed E-state index contributed by atoms with van der Waals surface area (Å²) in [4.78, 5) is 14.2. The Bertz CT molecular complexity index is 682. The van der Waals surface area contributed by atoms with Gasteiger partial charge in [-0.15, -0.1) is 0 Å². The van der Waals surface area contributed by atoms with Crippen molar-refractivity contribution >= 4 is 27.5 Å². The number of carbonyl (C=O) groups excluding carboxylic acids is 1. The maximum Gasteiger partial charge on any atom is 0.234 e. The summed E-state index contributed by atoms with van der Waals surface area (Å²) in [7, 11) is 3.49. The Morgan fingerprint density at radius 3 is 2.57 bits per heavy atom. The average Bonchev–Trinajstić information content (AvgIpc) is 2.73. The molecule has 0 bridgehead atoms. The lowest BCUT2D eigenvalue weighted by Gasteiger charge is -2.11. The number of amides is 1. The zero-order valence-corrected chi connectivity index (χ0v) is 13.6. The number of halogens is 1. The third kappa shape index (κ3) is 2.56. The van der Waals surface area contributed by atoms with E-state index in [2.05, 4.69) is 15.9 Å². The number of benzene rings is 2. The molecule has 2 aromatic rings. The average molecular weight is 346 g/mol. The lowest BCUT2D eigenvalue weighted by molar-refractivity contribution is -0.119. The molecule has 3 nitrogen and oxygen atoms in total. The summed E-state index contributed by atoms with van der Waals surface area (Å²) in [6, 6.07) is 13.9. The molecular weight excluding hydrogens is 330 g/mol. The predicted octanol–water partition coefficient (Wildman–Crippen LogP) is 3.76. The van der Waals surface area contributed by atoms with Crippen LogP contribution in [0.5, 0.6) is 5.75 Å². The van der Waals surface area contributed by atoms with Crippen LogP contribution in [-0.4, -0.2) is 20.1 Å². The molecule has 0 N–H and O–H groups in total. The number of rotatable bonds is 3. The molecule has 0 aliphatic carbocycles. The molecule has 0 fully saturated rings. The summed E-state index contributed by atoms with van der Waals surface area (Å²) in [6.45, 7) is 0. The highest BCUT2D eigenvalue weighted by atomic mass is 79.9. The van der Waals surface area contributed by atoms with Gasteiger partial charge in [-0.1, -0.05) is 28.1 Å². The van der Waals surface area contributed by atoms with Crippen LogP contribution in [-0.2, 0) is 11.2 Å². The van der Waals surface area contributed by atoms with Crippen molar-refractivity contribution in [1.29, 1.82) is 0 Å². The van der Waals surface area contributed by atoms with E-state index >= 15 is 0 Å². The SMILES string of the molecule is COc1ccc(C[C@H]2C(=O)N(C)c3ccc(Br)cc32)cc1. The second-order valence-electron chi connectivity index (χ2n) is 5.21. The number of likely N-dealkylation sites (N-methyl/N-ethyl adjacent to an activating group) is 1. The van der Waals surface area contributed by atoms with Crippen molar-refractivity contribution < 1.29 is 9.53 Å². The molecule has 0 spiro atoms. The van der Waals surface area contributed by atoms with Gasteiger partial charge >= 0.3 is 0 Å². The molecule has 1 atom stereocenters. The molecule has 1 aliphatic heterocycles. The number of anilines is 1. The third-order valence-corrected chi connectivity index (χ3v) is 4.45. The van der Waals surface area contributed by atoms with E-state index in [0.29, 0.717) is 6.42 Å². The van der Waals surface area contributed by atoms with Crippen LogP contribution in [0.4, 0.5) is 5.69 Å². The molecule has 3 rings (SSSR count). The van der Waals surface area contributed by atoms with E-state index in [1.54, 1.807) is 12.0 Å². The number of hydrogen-bond acceptors (Lipinski definition) is 2. The van der Waals surface area contributed by atoms with Crippen molar-refractivity contribution in [3.8, 4) is 5.75 Å². The van der Waals surface area contributed by atoms with Crippen molar-refractivity contribution in [2.75, 3.05) is 19.1 Å². The highest BCUT2D eigenvalue weighted by molar-refractivity contribution is 9.10. The first-order valence-electron chi connectivity index (χ1n) is 6.80. The van der Waals surface area contributed by atoms with Crippen LogP contribution in [0.2, 0.25) is 0 Å². The number of carbonyl (C=O) groups is 1. The first-order chi connectivity index (χ1) is 10.1. The van der Waals surface area contributed by atoms with Crippen LogP contribution in [0.1, 0.15) is 17.0 Å². The van der Waals surface area contributed by atoms with Crippen LogP contribution in [0, 0.1) is 0 Å². The Morgan fingerprint density at radius 2 is 1.90 bits per heavy atom. The summed E-state index contributed by atoms with van der Waals surface area (Å²) in [5.41, 5.74) is 3.23. The molecule has 4 heteroatoms. The van der Waals surface area contributed by atoms with Gasteiger partial charge < -0.3 is 9.64 Å². The minimum atomic E-state index is -0.115. The molecule has 1 heterocycles. The summed E-state index contributed by atoms with van der Waals surface area (Å²) in [6.07, 6.45) is 0.705. The van der Waals surface area contributed by atoms with Gasteiger partial charge in [-0.2, -0.15) is 0 Å². The number of ether oxygens (including phenoxy) is 1. The van der Waals surface area contributed by atoms with Crippen molar-refractivity contribution in [2.45, 2.75) is 12.3 Å². The molecule has 0 saturated heterocycles. The van der Waals surface area contributed by atoms with E-state index in [0.717, 1.165) is 27.0 Å². The number of fused-ring (bicyclic) bond motifs is 1. The van der Waals surface area contributed by atoms with Crippen LogP contribution >= 0.6 is 15.9 Å². The molecule has 0 radical (unpaired) electrons. The van der Waals surface area contributed by atoms with E-state index in [1.165, 1.54) is 0 Å². The topological polar surface area (TPSA) is 29.5 Å². The summed E-state index contributed by atoms with van der Waals surface area (Å²) >= 11 is 3.49. The Morgan fingerprint density at radius 1 is 1.19 bits per heavy atom. The monoisotopic (exact) mass is 345 g/mol. The fourth-order valence-corrected chi connectivity index (χ4v) is 3.17. The molecular formula is C17H16BrNO2. The first kappa shape index (κ1) is 14.1. The summed E-state index contributed by atoms with van der Waals surface area (Å²) in [5.74, 6) is 0.867. The Kier molecular flexibility index (Phi) is 3.72. The van der Waals surface area contributed by atoms with Gasteiger partial charge in [0.15, 0.2) is 0 Å². The number of hydrogen-bond donors (Lipinski definition) is 0. The Balaban J connectivity index is 1.91. The van der Waals surface area contributed by atoms with Crippen molar-refractivity contribution in [3.63, 3.8) is 0 Å². The van der Waals surface area contributed by atoms with Gasteiger partial charge in [0.2, 0.25) is 5.91 Å². The lowest BCUT2D eigenvalue weighted by atomic mass is 9.93. The highest BCUT2D eigenvalue weighted by Crippen LogP contribution is 2.39. The lowest BCUT2D eigenvalue weighted by Crippen LogP contribution is -2.24. The van der Waals surface area contributed by atoms with Crippen molar-refractivity contribution in [2.24, 2.45) is 0 Å². The second-order valence-corrected chi connectivity index (χ2v) is 6.12. The van der Waals surface area contributed by atoms with Gasteiger partial charge in [0.25, 0.3) is 0 Å². The number of methoxy groups -OCH3 is 1. The smallest absolute Gasteiger partial charge is 0.234 e. The molecule has 0 aromatic heterocycles. The molecule has 2 aromatic carbocycles.